The number of hydrogen-bond donors (Lipinski definition) is 2. The maximum absolute atomic E-state index is 12.3. The second kappa shape index (κ2) is 5.90. The third-order valence-electron chi connectivity index (χ3n) is 3.23. The van der Waals surface area contributed by atoms with E-state index < -0.39 is 16.1 Å². The number of aliphatic hydroxyl groups is 1. The third-order valence-corrected chi connectivity index (χ3v) is 5.11. The van der Waals surface area contributed by atoms with Gasteiger partial charge in [0, 0.05) is 26.6 Å². The normalized spacial score (nSPS) is 20.0. The molecule has 0 saturated carbocycles. The van der Waals surface area contributed by atoms with Crippen LogP contribution in [-0.2, 0) is 21.4 Å². The van der Waals surface area contributed by atoms with E-state index in [1.54, 1.807) is 12.1 Å². The van der Waals surface area contributed by atoms with Gasteiger partial charge in [0.2, 0.25) is 15.9 Å². The van der Waals surface area contributed by atoms with Crippen molar-refractivity contribution in [3.8, 4) is 0 Å². The van der Waals surface area contributed by atoms with Crippen LogP contribution in [0, 0.1) is 0 Å². The highest BCUT2D eigenvalue weighted by atomic mass is 32.2. The maximum Gasteiger partial charge on any atom is 0.243 e. The highest BCUT2D eigenvalue weighted by Crippen LogP contribution is 2.21. The van der Waals surface area contributed by atoms with E-state index >= 15 is 0 Å². The topological polar surface area (TPSA) is 86.7 Å². The van der Waals surface area contributed by atoms with Gasteiger partial charge in [0.15, 0.2) is 0 Å². The fourth-order valence-corrected chi connectivity index (χ4v) is 3.58. The molecule has 1 atom stereocenters. The number of rotatable bonds is 4. The number of carbonyl (C=O) groups excluding carboxylic acids is 1. The number of sulfonamides is 1. The standard InChI is InChI=1S/C13H18N2O4S/c1-10(16)14-8-11-2-4-13(5-3-11)20(18,19)15-7-6-12(17)9-15/h2-5,12,17H,6-9H2,1H3,(H,14,16)/t12-/m1/s1. The molecule has 7 heteroatoms. The molecule has 0 aromatic heterocycles. The van der Waals surface area contributed by atoms with E-state index in [-0.39, 0.29) is 17.3 Å². The Morgan fingerprint density at radius 1 is 1.40 bits per heavy atom. The van der Waals surface area contributed by atoms with Gasteiger partial charge < -0.3 is 10.4 Å². The van der Waals surface area contributed by atoms with Gasteiger partial charge in [0.1, 0.15) is 0 Å². The molecule has 2 N–H and O–H groups in total. The molecule has 1 saturated heterocycles. The van der Waals surface area contributed by atoms with E-state index in [1.807, 2.05) is 0 Å². The second-order valence-corrected chi connectivity index (χ2v) is 6.80. The number of amides is 1. The predicted octanol–water partition coefficient (Wildman–Crippen LogP) is 0.0780. The summed E-state index contributed by atoms with van der Waals surface area (Å²) in [5.74, 6) is -0.132. The lowest BCUT2D eigenvalue weighted by Gasteiger charge is -2.16. The highest BCUT2D eigenvalue weighted by molar-refractivity contribution is 7.89. The van der Waals surface area contributed by atoms with Crippen molar-refractivity contribution in [3.63, 3.8) is 0 Å². The van der Waals surface area contributed by atoms with Crippen LogP contribution in [0.1, 0.15) is 18.9 Å². The van der Waals surface area contributed by atoms with E-state index in [9.17, 15) is 18.3 Å². The molecule has 0 bridgehead atoms. The molecule has 0 radical (unpaired) electrons. The zero-order chi connectivity index (χ0) is 14.8. The summed E-state index contributed by atoms with van der Waals surface area (Å²) in [7, 11) is -3.53. The average molecular weight is 298 g/mol. The number of nitrogens with zero attached hydrogens (tertiary/aromatic N) is 1. The fraction of sp³-hybridized carbons (Fsp3) is 0.462. The van der Waals surface area contributed by atoms with Crippen LogP contribution >= 0.6 is 0 Å². The smallest absolute Gasteiger partial charge is 0.243 e. The largest absolute Gasteiger partial charge is 0.392 e. The molecule has 0 aliphatic carbocycles. The SMILES string of the molecule is CC(=O)NCc1ccc(S(=O)(=O)N2CC[C@@H](O)C2)cc1. The molecule has 1 aromatic carbocycles. The Balaban J connectivity index is 2.11. The zero-order valence-corrected chi connectivity index (χ0v) is 12.1. The van der Waals surface area contributed by atoms with Crippen molar-refractivity contribution >= 4 is 15.9 Å². The zero-order valence-electron chi connectivity index (χ0n) is 11.2. The van der Waals surface area contributed by atoms with E-state index in [4.69, 9.17) is 0 Å². The van der Waals surface area contributed by atoms with Crippen LogP contribution in [-0.4, -0.2) is 42.9 Å². The van der Waals surface area contributed by atoms with Crippen molar-refractivity contribution in [3.05, 3.63) is 29.8 Å². The molecular formula is C13H18N2O4S. The molecule has 2 rings (SSSR count). The van der Waals surface area contributed by atoms with Crippen LogP contribution in [0.15, 0.2) is 29.2 Å². The van der Waals surface area contributed by atoms with Gasteiger partial charge in [-0.3, -0.25) is 4.79 Å². The summed E-state index contributed by atoms with van der Waals surface area (Å²) in [5, 5.41) is 12.1. The number of nitrogens with one attached hydrogen (secondary N) is 1. The Kier molecular flexibility index (Phi) is 4.42. The lowest BCUT2D eigenvalue weighted by atomic mass is 10.2. The van der Waals surface area contributed by atoms with Gasteiger partial charge >= 0.3 is 0 Å². The number of benzene rings is 1. The van der Waals surface area contributed by atoms with Gasteiger partial charge in [-0.05, 0) is 24.1 Å². The molecule has 1 heterocycles. The molecule has 1 aromatic rings. The number of β-amino-alcohol motifs (C(OH)–C–C–N with tert-alkyl or cyclic N) is 1. The minimum atomic E-state index is -3.53. The molecule has 1 fully saturated rings. The first-order valence-electron chi connectivity index (χ1n) is 6.41. The van der Waals surface area contributed by atoms with Crippen LogP contribution in [0.25, 0.3) is 0 Å². The van der Waals surface area contributed by atoms with Crippen LogP contribution in [0.4, 0.5) is 0 Å². The summed E-state index contributed by atoms with van der Waals surface area (Å²) in [5.41, 5.74) is 0.834. The van der Waals surface area contributed by atoms with Crippen molar-refractivity contribution in [1.29, 1.82) is 0 Å². The van der Waals surface area contributed by atoms with Crippen LogP contribution in [0.3, 0.4) is 0 Å². The molecule has 110 valence electrons. The first kappa shape index (κ1) is 15.0. The molecule has 1 aliphatic heterocycles. The summed E-state index contributed by atoms with van der Waals surface area (Å²) < 4.78 is 25.9. The molecule has 0 spiro atoms. The molecule has 1 aliphatic rings. The minimum Gasteiger partial charge on any atom is -0.392 e. The van der Waals surface area contributed by atoms with E-state index in [2.05, 4.69) is 5.32 Å². The fourth-order valence-electron chi connectivity index (χ4n) is 2.08. The highest BCUT2D eigenvalue weighted by Gasteiger charge is 2.31. The average Bonchev–Trinajstić information content (AvgIpc) is 2.84. The quantitative estimate of drug-likeness (QED) is 0.824. The van der Waals surface area contributed by atoms with E-state index in [0.717, 1.165) is 5.56 Å². The van der Waals surface area contributed by atoms with Gasteiger partial charge in [-0.15, -0.1) is 0 Å². The Morgan fingerprint density at radius 2 is 2.05 bits per heavy atom. The Hall–Kier alpha value is -1.44. The molecule has 1 amide bonds. The van der Waals surface area contributed by atoms with Gasteiger partial charge in [0.05, 0.1) is 11.0 Å². The molecular weight excluding hydrogens is 280 g/mol. The summed E-state index contributed by atoms with van der Waals surface area (Å²) in [4.78, 5) is 11.0. The molecule has 6 nitrogen and oxygen atoms in total. The van der Waals surface area contributed by atoms with Crippen molar-refractivity contribution in [2.75, 3.05) is 13.1 Å². The second-order valence-electron chi connectivity index (χ2n) is 4.86. The van der Waals surface area contributed by atoms with Gasteiger partial charge in [-0.2, -0.15) is 4.31 Å². The van der Waals surface area contributed by atoms with Crippen molar-refractivity contribution in [2.45, 2.75) is 30.9 Å². The minimum absolute atomic E-state index is 0.132. The van der Waals surface area contributed by atoms with E-state index in [0.29, 0.717) is 19.5 Å². The summed E-state index contributed by atoms with van der Waals surface area (Å²) in [6, 6.07) is 6.40. The molecule has 0 unspecified atom stereocenters. The van der Waals surface area contributed by atoms with Gasteiger partial charge in [-0.1, -0.05) is 12.1 Å². The number of carbonyl (C=O) groups is 1. The van der Waals surface area contributed by atoms with E-state index in [1.165, 1.54) is 23.4 Å². The van der Waals surface area contributed by atoms with Gasteiger partial charge in [-0.25, -0.2) is 8.42 Å². The van der Waals surface area contributed by atoms with Crippen molar-refractivity contribution in [2.24, 2.45) is 0 Å². The molecule has 20 heavy (non-hydrogen) atoms. The first-order chi connectivity index (χ1) is 9.39. The predicted molar refractivity (Wildman–Crippen MR) is 73.3 cm³/mol. The Morgan fingerprint density at radius 3 is 2.55 bits per heavy atom. The van der Waals surface area contributed by atoms with Gasteiger partial charge in [0.25, 0.3) is 0 Å². The van der Waals surface area contributed by atoms with Crippen molar-refractivity contribution < 1.29 is 18.3 Å². The lowest BCUT2D eigenvalue weighted by Crippen LogP contribution is -2.29. The summed E-state index contributed by atoms with van der Waals surface area (Å²) in [6.07, 6.45) is -0.108. The monoisotopic (exact) mass is 298 g/mol. The van der Waals surface area contributed by atoms with Crippen LogP contribution in [0.2, 0.25) is 0 Å². The van der Waals surface area contributed by atoms with Crippen LogP contribution in [0.5, 0.6) is 0 Å². The number of aliphatic hydroxyl groups excluding tert-OH is 1. The lowest BCUT2D eigenvalue weighted by molar-refractivity contribution is -0.119. The summed E-state index contributed by atoms with van der Waals surface area (Å²) in [6.45, 7) is 2.29. The maximum atomic E-state index is 12.3. The Labute approximate surface area is 118 Å². The third kappa shape index (κ3) is 3.36. The summed E-state index contributed by atoms with van der Waals surface area (Å²) >= 11 is 0. The first-order valence-corrected chi connectivity index (χ1v) is 7.85. The van der Waals surface area contributed by atoms with Crippen LogP contribution < -0.4 is 5.32 Å². The van der Waals surface area contributed by atoms with Crippen molar-refractivity contribution in [1.82, 2.24) is 9.62 Å². The Bertz CT molecular complexity index is 583. The number of hydrogen-bond acceptors (Lipinski definition) is 4.